The predicted molar refractivity (Wildman–Crippen MR) is 229 cm³/mol. The first-order valence-electron chi connectivity index (χ1n) is 19.0. The highest BCUT2D eigenvalue weighted by Gasteiger charge is 2.38. The number of para-hydroxylation sites is 5. The molecule has 258 valence electrons. The minimum Gasteiger partial charge on any atom is -0.309 e. The Kier molecular flexibility index (Phi) is 6.09. The quantitative estimate of drug-likeness (QED) is 0.184. The van der Waals surface area contributed by atoms with Crippen LogP contribution >= 0.6 is 0 Å². The first-order chi connectivity index (χ1) is 27.0. The predicted octanol–water partition coefficient (Wildman–Crippen LogP) is 13.0. The lowest BCUT2D eigenvalue weighted by molar-refractivity contribution is 0.661. The van der Waals surface area contributed by atoms with Gasteiger partial charge in [-0.25, -0.2) is 9.97 Å². The molecule has 0 bridgehead atoms. The van der Waals surface area contributed by atoms with Crippen molar-refractivity contribution in [2.75, 3.05) is 0 Å². The molecule has 0 amide bonds. The van der Waals surface area contributed by atoms with E-state index in [0.717, 1.165) is 44.8 Å². The van der Waals surface area contributed by atoms with Crippen LogP contribution in [0.1, 0.15) is 25.0 Å². The van der Waals surface area contributed by atoms with Crippen LogP contribution in [0.25, 0.3) is 99.3 Å². The van der Waals surface area contributed by atoms with Crippen molar-refractivity contribution in [3.8, 4) is 33.9 Å². The van der Waals surface area contributed by atoms with Crippen molar-refractivity contribution in [3.63, 3.8) is 0 Å². The van der Waals surface area contributed by atoms with Gasteiger partial charge in [-0.1, -0.05) is 123 Å². The number of hydrogen-bond acceptors (Lipinski definition) is 2. The molecule has 0 aliphatic heterocycles. The van der Waals surface area contributed by atoms with Crippen LogP contribution in [0, 0.1) is 0 Å². The van der Waals surface area contributed by atoms with E-state index < -0.39 is 0 Å². The number of hydrogen-bond donors (Lipinski definition) is 0. The van der Waals surface area contributed by atoms with Crippen LogP contribution in [-0.2, 0) is 5.41 Å². The molecular weight excluding hydrogens is 669 g/mol. The van der Waals surface area contributed by atoms with E-state index in [0.29, 0.717) is 0 Å². The lowest BCUT2D eigenvalue weighted by Gasteiger charge is -2.25. The standard InChI is InChI=1S/C51H34N4/c1-51(2)41-22-9-6-17-34(41)37-20-14-21-38(48(37)51)49-50(53-43-24-11-10-23-42(43)52-49)55-45-26-13-8-19-36(45)40-28-31-29-46-39(27-32(31)30-47(40)55)35-18-7-12-25-44(35)54(46)33-15-4-3-5-16-33/h3-30H,1-2H3. The molecule has 4 heteroatoms. The molecule has 1 aliphatic carbocycles. The highest BCUT2D eigenvalue weighted by atomic mass is 15.1. The SMILES string of the molecule is CC1(C)c2ccccc2-c2cccc(-c3nc4ccccc4nc3-n3c4ccccc4c4cc5cc6c(cc5cc43)c3ccccc3n6-c3ccccc3)c21. The van der Waals surface area contributed by atoms with Crippen LogP contribution in [0.15, 0.2) is 170 Å². The molecule has 8 aromatic carbocycles. The third kappa shape index (κ3) is 4.17. The zero-order valence-electron chi connectivity index (χ0n) is 30.5. The van der Waals surface area contributed by atoms with Gasteiger partial charge in [0, 0.05) is 38.2 Å². The van der Waals surface area contributed by atoms with E-state index in [1.807, 2.05) is 0 Å². The van der Waals surface area contributed by atoms with Crippen LogP contribution in [0.3, 0.4) is 0 Å². The topological polar surface area (TPSA) is 35.6 Å². The molecule has 0 radical (unpaired) electrons. The van der Waals surface area contributed by atoms with Crippen molar-refractivity contribution in [2.45, 2.75) is 19.3 Å². The highest BCUT2D eigenvalue weighted by Crippen LogP contribution is 2.52. The summed E-state index contributed by atoms with van der Waals surface area (Å²) in [5, 5.41) is 7.25. The van der Waals surface area contributed by atoms with Gasteiger partial charge in [-0.05, 0) is 93.7 Å². The summed E-state index contributed by atoms with van der Waals surface area (Å²) >= 11 is 0. The Hall–Kier alpha value is -7.04. The fourth-order valence-electron chi connectivity index (χ4n) is 9.64. The van der Waals surface area contributed by atoms with E-state index in [1.54, 1.807) is 0 Å². The fraction of sp³-hybridized carbons (Fsp3) is 0.0588. The Balaban J connectivity index is 1.19. The van der Waals surface area contributed by atoms with Crippen LogP contribution in [0.2, 0.25) is 0 Å². The van der Waals surface area contributed by atoms with Crippen molar-refractivity contribution in [2.24, 2.45) is 0 Å². The largest absolute Gasteiger partial charge is 0.309 e. The summed E-state index contributed by atoms with van der Waals surface area (Å²) in [5.41, 5.74) is 14.5. The fourth-order valence-corrected chi connectivity index (χ4v) is 9.64. The molecule has 0 saturated carbocycles. The third-order valence-electron chi connectivity index (χ3n) is 12.0. The molecule has 1 aliphatic rings. The summed E-state index contributed by atoms with van der Waals surface area (Å²) in [5.74, 6) is 0.839. The molecule has 3 aromatic heterocycles. The summed E-state index contributed by atoms with van der Waals surface area (Å²) in [7, 11) is 0. The maximum absolute atomic E-state index is 5.52. The molecule has 0 atom stereocenters. The monoisotopic (exact) mass is 702 g/mol. The van der Waals surface area contributed by atoms with E-state index >= 15 is 0 Å². The minimum absolute atomic E-state index is 0.214. The Morgan fingerprint density at radius 3 is 1.69 bits per heavy atom. The average molecular weight is 703 g/mol. The van der Waals surface area contributed by atoms with Gasteiger partial charge in [0.25, 0.3) is 0 Å². The summed E-state index contributed by atoms with van der Waals surface area (Å²) in [4.78, 5) is 11.0. The maximum atomic E-state index is 5.52. The second-order valence-corrected chi connectivity index (χ2v) is 15.4. The molecule has 0 N–H and O–H groups in total. The molecule has 3 heterocycles. The molecule has 11 aromatic rings. The smallest absolute Gasteiger partial charge is 0.165 e. The van der Waals surface area contributed by atoms with E-state index in [-0.39, 0.29) is 5.41 Å². The van der Waals surface area contributed by atoms with E-state index in [2.05, 4.69) is 193 Å². The van der Waals surface area contributed by atoms with Gasteiger partial charge < -0.3 is 4.57 Å². The van der Waals surface area contributed by atoms with Crippen molar-refractivity contribution < 1.29 is 0 Å². The first kappa shape index (κ1) is 30.4. The number of fused-ring (bicyclic) bond motifs is 11. The molecule has 12 rings (SSSR count). The Morgan fingerprint density at radius 1 is 0.418 bits per heavy atom. The summed E-state index contributed by atoms with van der Waals surface area (Å²) in [6.45, 7) is 4.69. The van der Waals surface area contributed by atoms with Crippen molar-refractivity contribution in [1.82, 2.24) is 19.1 Å². The Bertz CT molecular complexity index is 3400. The summed E-state index contributed by atoms with van der Waals surface area (Å²) in [6, 6.07) is 61.5. The second kappa shape index (κ2) is 11.0. The summed E-state index contributed by atoms with van der Waals surface area (Å²) < 4.78 is 4.76. The molecule has 0 fully saturated rings. The zero-order valence-corrected chi connectivity index (χ0v) is 30.5. The molecule has 0 spiro atoms. The van der Waals surface area contributed by atoms with E-state index in [4.69, 9.17) is 9.97 Å². The number of nitrogens with zero attached hydrogens (tertiary/aromatic N) is 4. The Labute approximate surface area is 317 Å². The summed E-state index contributed by atoms with van der Waals surface area (Å²) in [6.07, 6.45) is 0. The van der Waals surface area contributed by atoms with Gasteiger partial charge in [-0.2, -0.15) is 0 Å². The van der Waals surface area contributed by atoms with Crippen LogP contribution in [0.5, 0.6) is 0 Å². The van der Waals surface area contributed by atoms with Gasteiger partial charge in [0.15, 0.2) is 5.82 Å². The van der Waals surface area contributed by atoms with Gasteiger partial charge in [0.1, 0.15) is 5.69 Å². The van der Waals surface area contributed by atoms with Crippen LogP contribution in [-0.4, -0.2) is 19.1 Å². The number of aromatic nitrogens is 4. The lowest BCUT2D eigenvalue weighted by atomic mass is 9.79. The first-order valence-corrected chi connectivity index (χ1v) is 19.0. The van der Waals surface area contributed by atoms with Gasteiger partial charge in [-0.15, -0.1) is 0 Å². The molecule has 0 saturated heterocycles. The zero-order chi connectivity index (χ0) is 36.4. The van der Waals surface area contributed by atoms with E-state index in [1.165, 1.54) is 65.6 Å². The van der Waals surface area contributed by atoms with Gasteiger partial charge in [0.05, 0.1) is 33.1 Å². The molecule has 0 unspecified atom stereocenters. The normalized spacial score (nSPS) is 13.4. The highest BCUT2D eigenvalue weighted by molar-refractivity contribution is 6.18. The molecule has 4 nitrogen and oxygen atoms in total. The lowest BCUT2D eigenvalue weighted by Crippen LogP contribution is -2.17. The molecular formula is C51H34N4. The van der Waals surface area contributed by atoms with Crippen molar-refractivity contribution >= 4 is 65.4 Å². The second-order valence-electron chi connectivity index (χ2n) is 15.4. The number of rotatable bonds is 3. The van der Waals surface area contributed by atoms with Crippen LogP contribution in [0.4, 0.5) is 0 Å². The van der Waals surface area contributed by atoms with Gasteiger partial charge >= 0.3 is 0 Å². The van der Waals surface area contributed by atoms with Crippen LogP contribution < -0.4 is 0 Å². The van der Waals surface area contributed by atoms with Crippen molar-refractivity contribution in [1.29, 1.82) is 0 Å². The van der Waals surface area contributed by atoms with Crippen molar-refractivity contribution in [3.05, 3.63) is 181 Å². The average Bonchev–Trinajstić information content (AvgIpc) is 3.81. The number of benzene rings is 8. The van der Waals surface area contributed by atoms with Gasteiger partial charge in [-0.3, -0.25) is 4.57 Å². The Morgan fingerprint density at radius 2 is 0.964 bits per heavy atom. The van der Waals surface area contributed by atoms with Gasteiger partial charge in [0.2, 0.25) is 0 Å². The molecule has 55 heavy (non-hydrogen) atoms. The maximum Gasteiger partial charge on any atom is 0.165 e. The third-order valence-corrected chi connectivity index (χ3v) is 12.0. The van der Waals surface area contributed by atoms with E-state index in [9.17, 15) is 0 Å². The minimum atomic E-state index is -0.214.